The van der Waals surface area contributed by atoms with Crippen molar-refractivity contribution < 1.29 is 8.42 Å². The lowest BCUT2D eigenvalue weighted by atomic mass is 10.4. The van der Waals surface area contributed by atoms with Gasteiger partial charge in [0.25, 0.3) is 0 Å². The molecular formula is C10H10BrClN2O2S. The molecule has 0 saturated heterocycles. The lowest BCUT2D eigenvalue weighted by Crippen LogP contribution is -2.34. The van der Waals surface area contributed by atoms with Gasteiger partial charge in [-0.05, 0) is 41.1 Å². The second kappa shape index (κ2) is 5.36. The molecule has 0 aliphatic rings. The summed E-state index contributed by atoms with van der Waals surface area (Å²) in [5, 5.41) is 9.16. The average Bonchev–Trinajstić information content (AvgIpc) is 2.30. The summed E-state index contributed by atoms with van der Waals surface area (Å²) in [6, 6.07) is 5.46. The number of hydrogen-bond acceptors (Lipinski definition) is 3. The van der Waals surface area contributed by atoms with E-state index in [2.05, 4.69) is 15.9 Å². The number of benzene rings is 1. The van der Waals surface area contributed by atoms with Crippen molar-refractivity contribution in [3.63, 3.8) is 0 Å². The molecule has 0 heterocycles. The Hall–Kier alpha value is -0.610. The highest BCUT2D eigenvalue weighted by molar-refractivity contribution is 9.10. The van der Waals surface area contributed by atoms with Crippen molar-refractivity contribution in [3.8, 4) is 6.07 Å². The van der Waals surface area contributed by atoms with Crippen molar-refractivity contribution in [2.45, 2.75) is 17.9 Å². The van der Waals surface area contributed by atoms with Crippen LogP contribution in [0.3, 0.4) is 0 Å². The van der Waals surface area contributed by atoms with Gasteiger partial charge in [-0.3, -0.25) is 0 Å². The highest BCUT2D eigenvalue weighted by Gasteiger charge is 2.25. The van der Waals surface area contributed by atoms with Gasteiger partial charge in [-0.2, -0.15) is 9.57 Å². The average molecular weight is 338 g/mol. The third kappa shape index (κ3) is 2.99. The van der Waals surface area contributed by atoms with Crippen molar-refractivity contribution in [2.75, 3.05) is 7.05 Å². The third-order valence-corrected chi connectivity index (χ3v) is 5.44. The zero-order valence-corrected chi connectivity index (χ0v) is 12.3. The van der Waals surface area contributed by atoms with E-state index in [4.69, 9.17) is 16.9 Å². The zero-order valence-electron chi connectivity index (χ0n) is 9.18. The van der Waals surface area contributed by atoms with E-state index in [1.54, 1.807) is 0 Å². The Morgan fingerprint density at radius 2 is 2.12 bits per heavy atom. The number of halogens is 2. The van der Waals surface area contributed by atoms with Gasteiger partial charge in [0.15, 0.2) is 0 Å². The SMILES string of the molecule is CC(C#N)N(C)S(=O)(=O)c1ccc(Cl)c(Br)c1. The maximum atomic E-state index is 12.1. The Balaban J connectivity index is 3.23. The summed E-state index contributed by atoms with van der Waals surface area (Å²) < 4.78 is 25.7. The van der Waals surface area contributed by atoms with Gasteiger partial charge in [0.1, 0.15) is 6.04 Å². The maximum absolute atomic E-state index is 12.1. The molecule has 0 saturated carbocycles. The Morgan fingerprint density at radius 1 is 1.53 bits per heavy atom. The lowest BCUT2D eigenvalue weighted by Gasteiger charge is -2.19. The summed E-state index contributed by atoms with van der Waals surface area (Å²) >= 11 is 8.95. The van der Waals surface area contributed by atoms with E-state index in [0.717, 1.165) is 4.31 Å². The van der Waals surface area contributed by atoms with E-state index in [0.29, 0.717) is 9.50 Å². The number of rotatable bonds is 3. The fourth-order valence-electron chi connectivity index (χ4n) is 1.09. The van der Waals surface area contributed by atoms with Crippen molar-refractivity contribution in [1.82, 2.24) is 4.31 Å². The Labute approximate surface area is 114 Å². The van der Waals surface area contributed by atoms with Crippen LogP contribution < -0.4 is 0 Å². The molecule has 7 heteroatoms. The van der Waals surface area contributed by atoms with Crippen molar-refractivity contribution in [1.29, 1.82) is 5.26 Å². The van der Waals surface area contributed by atoms with Crippen LogP contribution >= 0.6 is 27.5 Å². The smallest absolute Gasteiger partial charge is 0.207 e. The molecule has 92 valence electrons. The van der Waals surface area contributed by atoms with Gasteiger partial charge >= 0.3 is 0 Å². The van der Waals surface area contributed by atoms with Crippen LogP contribution in [0.15, 0.2) is 27.6 Å². The van der Waals surface area contributed by atoms with E-state index < -0.39 is 16.1 Å². The van der Waals surface area contributed by atoms with Crippen LogP contribution in [0.25, 0.3) is 0 Å². The monoisotopic (exact) mass is 336 g/mol. The predicted molar refractivity (Wildman–Crippen MR) is 69.2 cm³/mol. The third-order valence-electron chi connectivity index (χ3n) is 2.30. The first kappa shape index (κ1) is 14.5. The molecule has 1 unspecified atom stereocenters. The first-order chi connectivity index (χ1) is 7.80. The van der Waals surface area contributed by atoms with Gasteiger partial charge in [0, 0.05) is 11.5 Å². The molecule has 0 spiro atoms. The van der Waals surface area contributed by atoms with Gasteiger partial charge in [0.05, 0.1) is 16.0 Å². The summed E-state index contributed by atoms with van der Waals surface area (Å²) in [5.74, 6) is 0. The minimum absolute atomic E-state index is 0.0957. The zero-order chi connectivity index (χ0) is 13.2. The minimum atomic E-state index is -3.67. The van der Waals surface area contributed by atoms with Crippen LogP contribution in [0.2, 0.25) is 5.02 Å². The minimum Gasteiger partial charge on any atom is -0.207 e. The molecule has 0 radical (unpaired) electrons. The normalized spacial score (nSPS) is 13.4. The summed E-state index contributed by atoms with van der Waals surface area (Å²) in [5.41, 5.74) is 0. The molecule has 0 aliphatic heterocycles. The van der Waals surface area contributed by atoms with E-state index in [1.165, 1.54) is 32.2 Å². The Kier molecular flexibility index (Phi) is 4.55. The van der Waals surface area contributed by atoms with Crippen LogP contribution in [0.4, 0.5) is 0 Å². The fourth-order valence-corrected chi connectivity index (χ4v) is 3.04. The quantitative estimate of drug-likeness (QED) is 0.852. The van der Waals surface area contributed by atoms with E-state index in [9.17, 15) is 8.42 Å². The van der Waals surface area contributed by atoms with Crippen LogP contribution in [-0.4, -0.2) is 25.8 Å². The molecule has 0 aromatic heterocycles. The molecule has 17 heavy (non-hydrogen) atoms. The topological polar surface area (TPSA) is 61.2 Å². The first-order valence-electron chi connectivity index (χ1n) is 4.63. The van der Waals surface area contributed by atoms with Gasteiger partial charge in [0.2, 0.25) is 10.0 Å². The van der Waals surface area contributed by atoms with Gasteiger partial charge in [-0.15, -0.1) is 0 Å². The molecule has 1 aromatic carbocycles. The van der Waals surface area contributed by atoms with Crippen molar-refractivity contribution in [2.24, 2.45) is 0 Å². The highest BCUT2D eigenvalue weighted by atomic mass is 79.9. The van der Waals surface area contributed by atoms with Gasteiger partial charge in [-0.1, -0.05) is 11.6 Å². The molecule has 0 bridgehead atoms. The number of hydrogen-bond donors (Lipinski definition) is 0. The van der Waals surface area contributed by atoms with Crippen LogP contribution in [-0.2, 0) is 10.0 Å². The molecule has 0 amide bonds. The van der Waals surface area contributed by atoms with Crippen LogP contribution in [0.1, 0.15) is 6.92 Å². The number of nitriles is 1. The van der Waals surface area contributed by atoms with Crippen molar-refractivity contribution in [3.05, 3.63) is 27.7 Å². The lowest BCUT2D eigenvalue weighted by molar-refractivity contribution is 0.442. The first-order valence-corrected chi connectivity index (χ1v) is 7.24. The van der Waals surface area contributed by atoms with E-state index in [-0.39, 0.29) is 4.90 Å². The molecule has 1 aromatic rings. The molecular weight excluding hydrogens is 328 g/mol. The van der Waals surface area contributed by atoms with Gasteiger partial charge in [-0.25, -0.2) is 8.42 Å². The Bertz CT molecular complexity index is 568. The van der Waals surface area contributed by atoms with Crippen LogP contribution in [0, 0.1) is 11.3 Å². The summed E-state index contributed by atoms with van der Waals surface area (Å²) in [4.78, 5) is 0.0957. The highest BCUT2D eigenvalue weighted by Crippen LogP contribution is 2.27. The largest absolute Gasteiger partial charge is 0.244 e. The molecule has 1 rings (SSSR count). The number of sulfonamides is 1. The molecule has 4 nitrogen and oxygen atoms in total. The van der Waals surface area contributed by atoms with E-state index >= 15 is 0 Å². The predicted octanol–water partition coefficient (Wildman–Crippen LogP) is 2.64. The second-order valence-electron chi connectivity index (χ2n) is 3.40. The summed E-state index contributed by atoms with van der Waals surface area (Å²) in [6.45, 7) is 1.52. The number of nitrogens with zero attached hydrogens (tertiary/aromatic N) is 2. The molecule has 0 fully saturated rings. The van der Waals surface area contributed by atoms with Crippen LogP contribution in [0.5, 0.6) is 0 Å². The second-order valence-corrected chi connectivity index (χ2v) is 6.66. The van der Waals surface area contributed by atoms with Gasteiger partial charge < -0.3 is 0 Å². The van der Waals surface area contributed by atoms with Crippen molar-refractivity contribution >= 4 is 37.6 Å². The Morgan fingerprint density at radius 3 is 2.59 bits per heavy atom. The molecule has 1 atom stereocenters. The standard InChI is InChI=1S/C10H10BrClN2O2S/c1-7(6-13)14(2)17(15,16)8-3-4-10(12)9(11)5-8/h3-5,7H,1-2H3. The maximum Gasteiger partial charge on any atom is 0.244 e. The van der Waals surface area contributed by atoms with E-state index in [1.807, 2.05) is 6.07 Å². The summed E-state index contributed by atoms with van der Waals surface area (Å²) in [7, 11) is -2.30. The molecule has 0 aliphatic carbocycles. The molecule has 0 N–H and O–H groups in total. The summed E-state index contributed by atoms with van der Waals surface area (Å²) in [6.07, 6.45) is 0. The fraction of sp³-hybridized carbons (Fsp3) is 0.300.